The zero-order valence-corrected chi connectivity index (χ0v) is 9.71. The zero-order chi connectivity index (χ0) is 11.8. The lowest BCUT2D eigenvalue weighted by atomic mass is 10.4. The maximum absolute atomic E-state index is 11.2. The number of hydroxylamine groups is 2. The largest absolute Gasteiger partial charge is 0.591 e. The Kier molecular flexibility index (Phi) is 6.94. The monoisotopic (exact) mass is 216 g/mol. The summed E-state index contributed by atoms with van der Waals surface area (Å²) in [5, 5.41) is 10.7. The molecule has 1 N–H and O–H groups in total. The van der Waals surface area contributed by atoms with Crippen molar-refractivity contribution >= 4 is 5.97 Å². The molecule has 0 saturated heterocycles. The van der Waals surface area contributed by atoms with Gasteiger partial charge in [0.15, 0.2) is 0 Å². The van der Waals surface area contributed by atoms with Gasteiger partial charge in [-0.3, -0.25) is 9.74 Å². The van der Waals surface area contributed by atoms with Gasteiger partial charge in [-0.15, -0.1) is 0 Å². The molecule has 0 spiro atoms. The standard InChI is InChI=1S/C10H20N2O3/c1-5-11(6-2)7-8-12(14)15-10(13)9(3)4/h12H,3,5-8H2,1-2,4H3. The SMILES string of the molecule is C=C(C)C(=O)O[NH+]([O-])CCN(CC)CC. The van der Waals surface area contributed by atoms with Gasteiger partial charge in [-0.25, -0.2) is 4.79 Å². The predicted molar refractivity (Wildman–Crippen MR) is 57.9 cm³/mol. The molecule has 0 bridgehead atoms. The highest BCUT2D eigenvalue weighted by Gasteiger charge is 2.10. The molecule has 0 aromatic rings. The lowest BCUT2D eigenvalue weighted by Crippen LogP contribution is -3.07. The summed E-state index contributed by atoms with van der Waals surface area (Å²) in [4.78, 5) is 17.6. The van der Waals surface area contributed by atoms with Gasteiger partial charge in [0.1, 0.15) is 6.54 Å². The second-order valence-corrected chi connectivity index (χ2v) is 3.32. The van der Waals surface area contributed by atoms with Crippen molar-refractivity contribution in [2.45, 2.75) is 20.8 Å². The number of hydrogen-bond donors (Lipinski definition) is 1. The minimum Gasteiger partial charge on any atom is -0.591 e. The Hall–Kier alpha value is -0.910. The molecule has 5 nitrogen and oxygen atoms in total. The fourth-order valence-electron chi connectivity index (χ4n) is 1.03. The van der Waals surface area contributed by atoms with E-state index in [-0.39, 0.29) is 12.1 Å². The average Bonchev–Trinajstić information content (AvgIpc) is 2.19. The number of quaternary nitrogens is 1. The van der Waals surface area contributed by atoms with Crippen molar-refractivity contribution in [2.75, 3.05) is 26.2 Å². The molecule has 0 heterocycles. The van der Waals surface area contributed by atoms with E-state index < -0.39 is 11.2 Å². The zero-order valence-electron chi connectivity index (χ0n) is 9.71. The number of rotatable bonds is 7. The first-order valence-corrected chi connectivity index (χ1v) is 5.14. The fraction of sp³-hybridized carbons (Fsp3) is 0.700. The molecule has 1 unspecified atom stereocenters. The van der Waals surface area contributed by atoms with Crippen molar-refractivity contribution in [3.05, 3.63) is 17.4 Å². The quantitative estimate of drug-likeness (QED) is 0.471. The van der Waals surface area contributed by atoms with E-state index in [4.69, 9.17) is 0 Å². The molecule has 1 atom stereocenters. The second kappa shape index (κ2) is 7.39. The Morgan fingerprint density at radius 1 is 1.47 bits per heavy atom. The number of likely N-dealkylation sites (N-methyl/N-ethyl adjacent to an activating group) is 1. The molecule has 88 valence electrons. The van der Waals surface area contributed by atoms with Crippen LogP contribution in [0.25, 0.3) is 0 Å². The molecule has 0 fully saturated rings. The third-order valence-electron chi connectivity index (χ3n) is 2.08. The maximum atomic E-state index is 11.2. The van der Waals surface area contributed by atoms with Crippen molar-refractivity contribution < 1.29 is 14.9 Å². The van der Waals surface area contributed by atoms with Crippen molar-refractivity contribution in [1.82, 2.24) is 4.90 Å². The highest BCUT2D eigenvalue weighted by Crippen LogP contribution is 1.87. The van der Waals surface area contributed by atoms with Gasteiger partial charge in [0.25, 0.3) is 0 Å². The van der Waals surface area contributed by atoms with Crippen molar-refractivity contribution in [2.24, 2.45) is 0 Å². The molecule has 0 aromatic carbocycles. The molecular weight excluding hydrogens is 196 g/mol. The van der Waals surface area contributed by atoms with E-state index in [1.807, 2.05) is 13.8 Å². The van der Waals surface area contributed by atoms with Gasteiger partial charge >= 0.3 is 5.97 Å². The Labute approximate surface area is 90.8 Å². The number of nitrogens with one attached hydrogen (secondary N) is 1. The molecule has 15 heavy (non-hydrogen) atoms. The Morgan fingerprint density at radius 3 is 2.40 bits per heavy atom. The van der Waals surface area contributed by atoms with Crippen LogP contribution in [0.3, 0.4) is 0 Å². The molecule has 0 aliphatic heterocycles. The summed E-state index contributed by atoms with van der Waals surface area (Å²) in [7, 11) is 0. The van der Waals surface area contributed by atoms with Crippen LogP contribution in [0.15, 0.2) is 12.2 Å². The highest BCUT2D eigenvalue weighted by molar-refractivity contribution is 5.86. The molecular formula is C10H20N2O3. The summed E-state index contributed by atoms with van der Waals surface area (Å²) in [6.07, 6.45) is 0. The van der Waals surface area contributed by atoms with Gasteiger partial charge in [-0.2, -0.15) is 5.23 Å². The lowest BCUT2D eigenvalue weighted by Gasteiger charge is -2.23. The van der Waals surface area contributed by atoms with Crippen molar-refractivity contribution in [1.29, 1.82) is 0 Å². The molecule has 0 rings (SSSR count). The van der Waals surface area contributed by atoms with Crippen molar-refractivity contribution in [3.63, 3.8) is 0 Å². The average molecular weight is 216 g/mol. The molecule has 0 aromatic heterocycles. The Morgan fingerprint density at radius 2 is 2.00 bits per heavy atom. The Balaban J connectivity index is 3.79. The normalized spacial score (nSPS) is 12.6. The van der Waals surface area contributed by atoms with Gasteiger partial charge < -0.3 is 5.21 Å². The minimum absolute atomic E-state index is 0.237. The van der Waals surface area contributed by atoms with Gasteiger partial charge in [0.05, 0.1) is 6.54 Å². The van der Waals surface area contributed by atoms with E-state index in [9.17, 15) is 10.0 Å². The van der Waals surface area contributed by atoms with Crippen LogP contribution in [0.1, 0.15) is 20.8 Å². The van der Waals surface area contributed by atoms with E-state index >= 15 is 0 Å². The van der Waals surface area contributed by atoms with Crippen LogP contribution >= 0.6 is 0 Å². The fourth-order valence-corrected chi connectivity index (χ4v) is 1.03. The first-order chi connectivity index (χ1) is 7.01. The Bertz CT molecular complexity index is 215. The third kappa shape index (κ3) is 6.22. The molecule has 0 aliphatic carbocycles. The number of hydrogen-bond acceptors (Lipinski definition) is 4. The number of nitrogens with zero attached hydrogens (tertiary/aromatic N) is 1. The van der Waals surface area contributed by atoms with Crippen LogP contribution in [0.4, 0.5) is 0 Å². The maximum Gasteiger partial charge on any atom is 0.392 e. The first kappa shape index (κ1) is 14.1. The van der Waals surface area contributed by atoms with Crippen LogP contribution in [-0.4, -0.2) is 37.0 Å². The minimum atomic E-state index is -0.639. The van der Waals surface area contributed by atoms with Crippen molar-refractivity contribution in [3.8, 4) is 0 Å². The van der Waals surface area contributed by atoms with Crippen LogP contribution in [0.2, 0.25) is 0 Å². The van der Waals surface area contributed by atoms with Crippen LogP contribution in [0.5, 0.6) is 0 Å². The second-order valence-electron chi connectivity index (χ2n) is 3.32. The van der Waals surface area contributed by atoms with E-state index in [1.54, 1.807) is 0 Å². The smallest absolute Gasteiger partial charge is 0.392 e. The number of carbonyl (C=O) groups excluding carboxylic acids is 1. The summed E-state index contributed by atoms with van der Waals surface area (Å²) in [5.74, 6) is -0.639. The van der Waals surface area contributed by atoms with Crippen LogP contribution < -0.4 is 5.23 Å². The first-order valence-electron chi connectivity index (χ1n) is 5.14. The topological polar surface area (TPSA) is 57.0 Å². The van der Waals surface area contributed by atoms with E-state index in [1.165, 1.54) is 6.92 Å². The van der Waals surface area contributed by atoms with Gasteiger partial charge in [-0.05, 0) is 20.0 Å². The number of carbonyl (C=O) groups is 1. The predicted octanol–water partition coefficient (Wildman–Crippen LogP) is -0.255. The van der Waals surface area contributed by atoms with E-state index in [0.717, 1.165) is 13.1 Å². The van der Waals surface area contributed by atoms with E-state index in [2.05, 4.69) is 16.3 Å². The van der Waals surface area contributed by atoms with E-state index in [0.29, 0.717) is 6.54 Å². The van der Waals surface area contributed by atoms with Gasteiger partial charge in [0, 0.05) is 5.57 Å². The molecule has 5 heteroatoms. The molecule has 0 saturated carbocycles. The van der Waals surface area contributed by atoms with Gasteiger partial charge in [0.2, 0.25) is 0 Å². The lowest BCUT2D eigenvalue weighted by molar-refractivity contribution is -1.03. The molecule has 0 aliphatic rings. The third-order valence-corrected chi connectivity index (χ3v) is 2.08. The molecule has 0 radical (unpaired) electrons. The van der Waals surface area contributed by atoms with Crippen LogP contribution in [0, 0.1) is 5.21 Å². The molecule has 0 amide bonds. The highest BCUT2D eigenvalue weighted by atomic mass is 16.9. The summed E-state index contributed by atoms with van der Waals surface area (Å²) < 4.78 is 0. The van der Waals surface area contributed by atoms with Gasteiger partial charge in [-0.1, -0.05) is 20.4 Å². The van der Waals surface area contributed by atoms with Crippen LogP contribution in [-0.2, 0) is 9.63 Å². The summed E-state index contributed by atoms with van der Waals surface area (Å²) in [5.41, 5.74) is 0.242. The summed E-state index contributed by atoms with van der Waals surface area (Å²) in [6.45, 7) is 11.6. The summed E-state index contributed by atoms with van der Waals surface area (Å²) in [6, 6.07) is 0. The summed E-state index contributed by atoms with van der Waals surface area (Å²) >= 11 is 0.